The van der Waals surface area contributed by atoms with Gasteiger partial charge >= 0.3 is 5.97 Å². The standard InChI is InChI=1S/C30H33N5O6/c1-2-41-30(38)22-8-10-24(11-9-22)32-29(37)26-18-25(35(39)40)12-13-27(26)33-28(36)19-31-23-14-16-34(17-15-23)20-21-6-4-3-5-7-21/h3-13,18,23,31H,2,14-17,19-20H2,1H3,(H,32,37)(H,33,36). The summed E-state index contributed by atoms with van der Waals surface area (Å²) < 4.78 is 4.95. The second-order valence-electron chi connectivity index (χ2n) is 9.70. The summed E-state index contributed by atoms with van der Waals surface area (Å²) in [6.45, 7) is 4.71. The molecule has 0 aromatic heterocycles. The molecule has 1 saturated heterocycles. The van der Waals surface area contributed by atoms with Crippen LogP contribution in [0.15, 0.2) is 72.8 Å². The first-order valence-corrected chi connectivity index (χ1v) is 13.5. The molecule has 0 atom stereocenters. The number of benzene rings is 3. The monoisotopic (exact) mass is 559 g/mol. The number of carbonyl (C=O) groups is 3. The highest BCUT2D eigenvalue weighted by Crippen LogP contribution is 2.24. The number of nitro benzene ring substituents is 1. The molecule has 1 heterocycles. The van der Waals surface area contributed by atoms with Crippen molar-refractivity contribution in [1.82, 2.24) is 10.2 Å². The number of piperidine rings is 1. The van der Waals surface area contributed by atoms with Gasteiger partial charge in [-0.1, -0.05) is 30.3 Å². The Hall–Kier alpha value is -4.61. The van der Waals surface area contributed by atoms with Gasteiger partial charge < -0.3 is 20.7 Å². The molecule has 11 nitrogen and oxygen atoms in total. The first kappa shape index (κ1) is 29.4. The average Bonchev–Trinajstić information content (AvgIpc) is 2.98. The van der Waals surface area contributed by atoms with Crippen molar-refractivity contribution < 1.29 is 24.0 Å². The molecule has 0 unspecified atom stereocenters. The SMILES string of the molecule is CCOC(=O)c1ccc(NC(=O)c2cc([N+](=O)[O-])ccc2NC(=O)CNC2CCN(Cc3ccccc3)CC2)cc1. The molecule has 0 bridgehead atoms. The molecule has 3 aromatic carbocycles. The summed E-state index contributed by atoms with van der Waals surface area (Å²) in [7, 11) is 0. The van der Waals surface area contributed by atoms with E-state index in [2.05, 4.69) is 33.0 Å². The Morgan fingerprint density at radius 3 is 2.34 bits per heavy atom. The lowest BCUT2D eigenvalue weighted by Crippen LogP contribution is -2.44. The van der Waals surface area contributed by atoms with Crippen molar-refractivity contribution in [2.75, 3.05) is 36.9 Å². The molecule has 11 heteroatoms. The summed E-state index contributed by atoms with van der Waals surface area (Å²) in [5, 5.41) is 20.0. The topological polar surface area (TPSA) is 143 Å². The lowest BCUT2D eigenvalue weighted by molar-refractivity contribution is -0.384. The Morgan fingerprint density at radius 2 is 1.68 bits per heavy atom. The van der Waals surface area contributed by atoms with Gasteiger partial charge in [-0.25, -0.2) is 4.79 Å². The molecule has 0 aliphatic carbocycles. The molecule has 0 spiro atoms. The highest BCUT2D eigenvalue weighted by molar-refractivity contribution is 6.10. The van der Waals surface area contributed by atoms with Gasteiger partial charge in [-0.05, 0) is 68.8 Å². The summed E-state index contributed by atoms with van der Waals surface area (Å²) in [6, 6.07) is 20.2. The number of anilines is 2. The number of nitro groups is 1. The molecule has 3 aromatic rings. The van der Waals surface area contributed by atoms with E-state index in [0.717, 1.165) is 38.5 Å². The fourth-order valence-corrected chi connectivity index (χ4v) is 4.61. The van der Waals surface area contributed by atoms with Crippen molar-refractivity contribution in [2.24, 2.45) is 0 Å². The smallest absolute Gasteiger partial charge is 0.338 e. The Bertz CT molecular complexity index is 1370. The van der Waals surface area contributed by atoms with E-state index >= 15 is 0 Å². The maximum Gasteiger partial charge on any atom is 0.338 e. The van der Waals surface area contributed by atoms with Crippen molar-refractivity contribution >= 4 is 34.8 Å². The van der Waals surface area contributed by atoms with E-state index in [9.17, 15) is 24.5 Å². The van der Waals surface area contributed by atoms with Crippen molar-refractivity contribution in [3.8, 4) is 0 Å². The maximum atomic E-state index is 13.1. The van der Waals surface area contributed by atoms with Gasteiger partial charge in [0.15, 0.2) is 0 Å². The fourth-order valence-electron chi connectivity index (χ4n) is 4.61. The molecular weight excluding hydrogens is 526 g/mol. The number of hydrogen-bond acceptors (Lipinski definition) is 8. The fraction of sp³-hybridized carbons (Fsp3) is 0.300. The van der Waals surface area contributed by atoms with E-state index in [1.807, 2.05) is 18.2 Å². The Labute approximate surface area is 238 Å². The summed E-state index contributed by atoms with van der Waals surface area (Å²) in [5.74, 6) is -1.49. The second kappa shape index (κ2) is 14.1. The minimum absolute atomic E-state index is 0.0384. The Balaban J connectivity index is 1.33. The van der Waals surface area contributed by atoms with Crippen molar-refractivity contribution in [3.05, 3.63) is 99.6 Å². The third-order valence-corrected chi connectivity index (χ3v) is 6.77. The van der Waals surface area contributed by atoms with E-state index in [0.29, 0.717) is 11.3 Å². The highest BCUT2D eigenvalue weighted by Gasteiger charge is 2.22. The zero-order valence-electron chi connectivity index (χ0n) is 22.8. The van der Waals surface area contributed by atoms with Gasteiger partial charge in [0.2, 0.25) is 5.91 Å². The number of likely N-dealkylation sites (tertiary alicyclic amines) is 1. The third-order valence-electron chi connectivity index (χ3n) is 6.77. The predicted molar refractivity (Wildman–Crippen MR) is 155 cm³/mol. The number of nitrogens with one attached hydrogen (secondary N) is 3. The molecule has 2 amide bonds. The first-order valence-electron chi connectivity index (χ1n) is 13.5. The maximum absolute atomic E-state index is 13.1. The number of esters is 1. The molecule has 1 fully saturated rings. The summed E-state index contributed by atoms with van der Waals surface area (Å²) >= 11 is 0. The van der Waals surface area contributed by atoms with Gasteiger partial charge in [0.1, 0.15) is 0 Å². The van der Waals surface area contributed by atoms with Crippen molar-refractivity contribution in [3.63, 3.8) is 0 Å². The van der Waals surface area contributed by atoms with Gasteiger partial charge in [0.05, 0.1) is 34.9 Å². The molecule has 3 N–H and O–H groups in total. The Kier molecular flexibility index (Phi) is 10.1. The zero-order chi connectivity index (χ0) is 29.2. The van der Waals surface area contributed by atoms with Gasteiger partial charge in [-0.2, -0.15) is 0 Å². The van der Waals surface area contributed by atoms with Crippen LogP contribution in [0.4, 0.5) is 17.1 Å². The van der Waals surface area contributed by atoms with Crippen molar-refractivity contribution in [1.29, 1.82) is 0 Å². The Morgan fingerprint density at radius 1 is 0.976 bits per heavy atom. The molecule has 4 rings (SSSR count). The summed E-state index contributed by atoms with van der Waals surface area (Å²) in [5.41, 5.74) is 1.77. The van der Waals surface area contributed by atoms with Gasteiger partial charge in [-0.3, -0.25) is 24.6 Å². The van der Waals surface area contributed by atoms with Crippen LogP contribution < -0.4 is 16.0 Å². The van der Waals surface area contributed by atoms with Crippen LogP contribution in [0, 0.1) is 10.1 Å². The number of nitrogens with zero attached hydrogens (tertiary/aromatic N) is 2. The van der Waals surface area contributed by atoms with Crippen LogP contribution in [0.5, 0.6) is 0 Å². The van der Waals surface area contributed by atoms with Crippen LogP contribution in [0.2, 0.25) is 0 Å². The molecule has 1 aliphatic rings. The summed E-state index contributed by atoms with van der Waals surface area (Å²) in [4.78, 5) is 50.9. The normalized spacial score (nSPS) is 13.8. The van der Waals surface area contributed by atoms with Crippen LogP contribution in [-0.2, 0) is 16.1 Å². The first-order chi connectivity index (χ1) is 19.8. The molecule has 0 radical (unpaired) electrons. The van der Waals surface area contributed by atoms with Crippen LogP contribution in [0.1, 0.15) is 46.0 Å². The van der Waals surface area contributed by atoms with Crippen LogP contribution in [-0.4, -0.2) is 59.9 Å². The quantitative estimate of drug-likeness (QED) is 0.180. The molecule has 214 valence electrons. The van der Waals surface area contributed by atoms with Crippen LogP contribution in [0.3, 0.4) is 0 Å². The van der Waals surface area contributed by atoms with E-state index in [1.54, 1.807) is 6.92 Å². The number of amides is 2. The van der Waals surface area contributed by atoms with E-state index in [-0.39, 0.29) is 42.0 Å². The van der Waals surface area contributed by atoms with Gasteiger partial charge in [0, 0.05) is 30.4 Å². The van der Waals surface area contributed by atoms with E-state index < -0.39 is 16.8 Å². The number of ether oxygens (including phenoxy) is 1. The predicted octanol–water partition coefficient (Wildman–Crippen LogP) is 4.22. The van der Waals surface area contributed by atoms with Crippen LogP contribution >= 0.6 is 0 Å². The lowest BCUT2D eigenvalue weighted by Gasteiger charge is -2.32. The number of carbonyl (C=O) groups excluding carboxylic acids is 3. The largest absolute Gasteiger partial charge is 0.462 e. The minimum atomic E-state index is -0.647. The average molecular weight is 560 g/mol. The second-order valence-corrected chi connectivity index (χ2v) is 9.70. The highest BCUT2D eigenvalue weighted by atomic mass is 16.6. The molecule has 0 saturated carbocycles. The number of rotatable bonds is 11. The van der Waals surface area contributed by atoms with E-state index in [4.69, 9.17) is 4.74 Å². The summed E-state index contributed by atoms with van der Waals surface area (Å²) in [6.07, 6.45) is 1.81. The minimum Gasteiger partial charge on any atom is -0.462 e. The number of hydrogen-bond donors (Lipinski definition) is 3. The zero-order valence-corrected chi connectivity index (χ0v) is 22.8. The van der Waals surface area contributed by atoms with Gasteiger partial charge in [0.25, 0.3) is 11.6 Å². The molecule has 1 aliphatic heterocycles. The third kappa shape index (κ3) is 8.44. The van der Waals surface area contributed by atoms with Crippen LogP contribution in [0.25, 0.3) is 0 Å². The lowest BCUT2D eigenvalue weighted by atomic mass is 10.0. The molecular formula is C30H33N5O6. The van der Waals surface area contributed by atoms with E-state index in [1.165, 1.54) is 42.0 Å². The van der Waals surface area contributed by atoms with Gasteiger partial charge in [-0.15, -0.1) is 0 Å². The van der Waals surface area contributed by atoms with Crippen molar-refractivity contribution in [2.45, 2.75) is 32.4 Å². The molecule has 41 heavy (non-hydrogen) atoms. The number of non-ortho nitro benzene ring substituents is 1.